The summed E-state index contributed by atoms with van der Waals surface area (Å²) in [7, 11) is -0.451. The van der Waals surface area contributed by atoms with Crippen molar-refractivity contribution in [3.8, 4) is 0 Å². The lowest BCUT2D eigenvalue weighted by molar-refractivity contribution is -0.143. The van der Waals surface area contributed by atoms with Gasteiger partial charge in [0.1, 0.15) is 6.04 Å². The molecule has 1 unspecified atom stereocenters. The maximum absolute atomic E-state index is 12.6. The molecular formula is C16H29N5O5S. The van der Waals surface area contributed by atoms with Gasteiger partial charge in [0.05, 0.1) is 6.04 Å². The Labute approximate surface area is 160 Å². The van der Waals surface area contributed by atoms with E-state index in [4.69, 9.17) is 4.55 Å². The van der Waals surface area contributed by atoms with Crippen molar-refractivity contribution < 1.29 is 22.6 Å². The van der Waals surface area contributed by atoms with Crippen LogP contribution in [0.3, 0.4) is 0 Å². The van der Waals surface area contributed by atoms with Crippen LogP contribution in [0.25, 0.3) is 0 Å². The van der Waals surface area contributed by atoms with E-state index in [0.29, 0.717) is 17.3 Å². The highest BCUT2D eigenvalue weighted by molar-refractivity contribution is 7.84. The Morgan fingerprint density at radius 3 is 2.63 bits per heavy atom. The second-order valence-corrected chi connectivity index (χ2v) is 9.12. The number of nitrogens with one attached hydrogen (secondary N) is 1. The van der Waals surface area contributed by atoms with Crippen molar-refractivity contribution in [3.63, 3.8) is 0 Å². The van der Waals surface area contributed by atoms with Gasteiger partial charge in [0.2, 0.25) is 0 Å². The lowest BCUT2D eigenvalue weighted by Crippen LogP contribution is -2.69. The number of β-lactam (4-membered cyclic amide) rings is 1. The number of carbonyl (C=O) groups excluding carboxylic acids is 2. The van der Waals surface area contributed by atoms with E-state index in [1.165, 1.54) is 4.90 Å². The maximum atomic E-state index is 12.6. The molecule has 0 bridgehead atoms. The minimum absolute atomic E-state index is 0.0498. The Balaban J connectivity index is 1.51. The monoisotopic (exact) mass is 403 g/mol. The molecule has 11 heteroatoms. The van der Waals surface area contributed by atoms with Gasteiger partial charge in [-0.25, -0.2) is 9.10 Å². The largest absolute Gasteiger partial charge is 0.362 e. The molecule has 3 fully saturated rings. The second-order valence-electron chi connectivity index (χ2n) is 7.83. The van der Waals surface area contributed by atoms with Gasteiger partial charge in [-0.05, 0) is 46.3 Å². The van der Waals surface area contributed by atoms with Crippen molar-refractivity contribution in [2.75, 3.05) is 46.8 Å². The molecule has 0 aromatic rings. The van der Waals surface area contributed by atoms with Crippen molar-refractivity contribution in [1.29, 1.82) is 0 Å². The van der Waals surface area contributed by atoms with Gasteiger partial charge < -0.3 is 20.0 Å². The van der Waals surface area contributed by atoms with E-state index in [-0.39, 0.29) is 12.1 Å². The summed E-state index contributed by atoms with van der Waals surface area (Å²) in [6.07, 6.45) is 3.09. The summed E-state index contributed by atoms with van der Waals surface area (Å²) in [6.45, 7) is 4.24. The Bertz CT molecular complexity index is 685. The van der Waals surface area contributed by atoms with E-state index in [0.717, 1.165) is 45.4 Å². The number of likely N-dealkylation sites (N-methyl/N-ethyl adjacent to an activating group) is 1. The molecule has 3 atom stereocenters. The van der Waals surface area contributed by atoms with Gasteiger partial charge in [-0.15, -0.1) is 0 Å². The molecule has 3 saturated heterocycles. The fourth-order valence-electron chi connectivity index (χ4n) is 4.17. The van der Waals surface area contributed by atoms with Crippen LogP contribution in [0.15, 0.2) is 0 Å². The predicted octanol–water partition coefficient (Wildman–Crippen LogP) is -0.800. The third-order valence-corrected chi connectivity index (χ3v) is 6.61. The third-order valence-electron chi connectivity index (χ3n) is 5.66. The summed E-state index contributed by atoms with van der Waals surface area (Å²) in [5.74, 6) is -0.731. The smallest absolute Gasteiger partial charge is 0.335 e. The Hall–Kier alpha value is -1.43. The Morgan fingerprint density at radius 1 is 1.22 bits per heavy atom. The zero-order valence-corrected chi connectivity index (χ0v) is 16.7. The van der Waals surface area contributed by atoms with Crippen LogP contribution >= 0.6 is 0 Å². The average Bonchev–Trinajstić information content (AvgIpc) is 2.78. The molecule has 2 N–H and O–H groups in total. The number of urea groups is 1. The van der Waals surface area contributed by atoms with Crippen molar-refractivity contribution >= 4 is 22.2 Å². The number of amides is 3. The van der Waals surface area contributed by atoms with Crippen molar-refractivity contribution in [2.45, 2.75) is 43.8 Å². The fourth-order valence-corrected chi connectivity index (χ4v) is 5.06. The van der Waals surface area contributed by atoms with E-state index in [9.17, 15) is 18.0 Å². The highest BCUT2D eigenvalue weighted by Gasteiger charge is 2.60. The summed E-state index contributed by atoms with van der Waals surface area (Å²) in [4.78, 5) is 30.7. The number of rotatable bonds is 5. The molecule has 0 aromatic heterocycles. The normalized spacial score (nSPS) is 29.5. The summed E-state index contributed by atoms with van der Waals surface area (Å²) >= 11 is 0. The van der Waals surface area contributed by atoms with Crippen LogP contribution in [0.2, 0.25) is 0 Å². The first-order valence-electron chi connectivity index (χ1n) is 9.43. The van der Waals surface area contributed by atoms with E-state index < -0.39 is 28.3 Å². The number of nitrogens with zero attached hydrogens (tertiary/aromatic N) is 4. The zero-order valence-electron chi connectivity index (χ0n) is 15.9. The molecule has 0 aliphatic carbocycles. The predicted molar refractivity (Wildman–Crippen MR) is 98.5 cm³/mol. The molecule has 10 nitrogen and oxygen atoms in total. The number of likely N-dealkylation sites (tertiary alicyclic amines) is 2. The van der Waals surface area contributed by atoms with Gasteiger partial charge in [0.25, 0.3) is 5.91 Å². The zero-order chi connectivity index (χ0) is 19.8. The van der Waals surface area contributed by atoms with Crippen LogP contribution in [0.1, 0.15) is 25.7 Å². The van der Waals surface area contributed by atoms with Gasteiger partial charge in [-0.2, -0.15) is 8.42 Å². The van der Waals surface area contributed by atoms with Gasteiger partial charge in [-0.3, -0.25) is 9.35 Å². The first-order valence-corrected chi connectivity index (χ1v) is 10.8. The van der Waals surface area contributed by atoms with Crippen molar-refractivity contribution in [2.24, 2.45) is 0 Å². The standard InChI is InChI=1S/C16H29N5O5S/c1-18(2)10-11-19-7-3-4-12(5-8-19)17-16(23)20-9-6-13-14(20)15(22)21(13)27(24,25)26/h12-14H,3-11H2,1-2H3,(H,17,23)(H,24,25,26)/t12-,13?,14-/m0/s1. The van der Waals surface area contributed by atoms with Crippen LogP contribution in [0, 0.1) is 0 Å². The van der Waals surface area contributed by atoms with Crippen LogP contribution < -0.4 is 5.32 Å². The minimum Gasteiger partial charge on any atom is -0.335 e. The van der Waals surface area contributed by atoms with Crippen molar-refractivity contribution in [1.82, 2.24) is 24.3 Å². The lowest BCUT2D eigenvalue weighted by atomic mass is 10.0. The summed E-state index contributed by atoms with van der Waals surface area (Å²) in [5, 5.41) is 3.01. The van der Waals surface area contributed by atoms with Crippen LogP contribution in [0.4, 0.5) is 4.79 Å². The van der Waals surface area contributed by atoms with Gasteiger partial charge in [-0.1, -0.05) is 0 Å². The average molecular weight is 404 g/mol. The molecule has 3 aliphatic heterocycles. The van der Waals surface area contributed by atoms with E-state index in [1.54, 1.807) is 0 Å². The summed E-state index contributed by atoms with van der Waals surface area (Å²) in [6, 6.07) is -1.70. The highest BCUT2D eigenvalue weighted by Crippen LogP contribution is 2.35. The molecule has 3 aliphatic rings. The number of carbonyl (C=O) groups is 2. The topological polar surface area (TPSA) is 114 Å². The second kappa shape index (κ2) is 7.90. The molecule has 3 amide bonds. The summed E-state index contributed by atoms with van der Waals surface area (Å²) in [5.41, 5.74) is 0. The number of hydrogen-bond donors (Lipinski definition) is 2. The SMILES string of the molecule is CN(C)CCN1CCC[C@H](NC(=O)N2CCC3[C@H]2C(=O)N3S(=O)(=O)O)CC1. The highest BCUT2D eigenvalue weighted by atomic mass is 32.2. The minimum atomic E-state index is -4.55. The molecule has 3 heterocycles. The van der Waals surface area contributed by atoms with E-state index >= 15 is 0 Å². The quantitative estimate of drug-likeness (QED) is 0.456. The fraction of sp³-hybridized carbons (Fsp3) is 0.875. The molecule has 27 heavy (non-hydrogen) atoms. The molecular weight excluding hydrogens is 374 g/mol. The maximum Gasteiger partial charge on any atom is 0.362 e. The molecule has 0 spiro atoms. The number of hydrogen-bond acceptors (Lipinski definition) is 6. The Kier molecular flexibility index (Phi) is 5.94. The van der Waals surface area contributed by atoms with Crippen LogP contribution in [-0.2, 0) is 15.1 Å². The number of fused-ring (bicyclic) bond motifs is 1. The molecule has 0 aromatic carbocycles. The van der Waals surface area contributed by atoms with E-state index in [1.807, 2.05) is 0 Å². The molecule has 0 radical (unpaired) electrons. The lowest BCUT2D eigenvalue weighted by Gasteiger charge is -2.42. The van der Waals surface area contributed by atoms with Gasteiger partial charge >= 0.3 is 16.3 Å². The molecule has 0 saturated carbocycles. The molecule has 3 rings (SSSR count). The first-order chi connectivity index (χ1) is 12.7. The van der Waals surface area contributed by atoms with Crippen LogP contribution in [-0.4, -0.2) is 109 Å². The summed E-state index contributed by atoms with van der Waals surface area (Å²) < 4.78 is 32.1. The Morgan fingerprint density at radius 2 is 1.96 bits per heavy atom. The van der Waals surface area contributed by atoms with Crippen molar-refractivity contribution in [3.05, 3.63) is 0 Å². The van der Waals surface area contributed by atoms with Gasteiger partial charge in [0.15, 0.2) is 0 Å². The van der Waals surface area contributed by atoms with Gasteiger partial charge in [0, 0.05) is 32.2 Å². The molecule has 154 valence electrons. The first kappa shape index (κ1) is 20.3. The van der Waals surface area contributed by atoms with Crippen LogP contribution in [0.5, 0.6) is 0 Å². The third kappa shape index (κ3) is 4.36. The van der Waals surface area contributed by atoms with E-state index in [2.05, 4.69) is 29.2 Å².